The number of halogens is 2. The minimum Gasteiger partial charge on any atom is -0.394 e. The van der Waals surface area contributed by atoms with Crippen LogP contribution >= 0.6 is 11.6 Å². The van der Waals surface area contributed by atoms with Gasteiger partial charge in [-0.05, 0) is 31.4 Å². The predicted molar refractivity (Wildman–Crippen MR) is 123 cm³/mol. The lowest BCUT2D eigenvalue weighted by Crippen LogP contribution is -2.26. The quantitative estimate of drug-likeness (QED) is 0.342. The fraction of sp³-hybridized carbons (Fsp3) is 0.143. The van der Waals surface area contributed by atoms with Crippen molar-refractivity contribution in [2.24, 2.45) is 0 Å². The highest BCUT2D eigenvalue weighted by Gasteiger charge is 2.23. The van der Waals surface area contributed by atoms with Gasteiger partial charge in [0.25, 0.3) is 11.4 Å². The molecule has 0 amide bonds. The van der Waals surface area contributed by atoms with E-state index in [1.807, 2.05) is 19.9 Å². The molecule has 34 heavy (non-hydrogen) atoms. The molecular formula is C21H17ClFN9O2. The van der Waals surface area contributed by atoms with Gasteiger partial charge in [0.1, 0.15) is 23.5 Å². The van der Waals surface area contributed by atoms with Crippen molar-refractivity contribution < 1.29 is 8.81 Å². The van der Waals surface area contributed by atoms with Crippen LogP contribution in [0.4, 0.5) is 16.0 Å². The Kier molecular flexibility index (Phi) is 5.21. The molecule has 0 aliphatic heterocycles. The molecule has 0 bridgehead atoms. The summed E-state index contributed by atoms with van der Waals surface area (Å²) in [5.74, 6) is 0.441. The molecule has 0 saturated carbocycles. The highest BCUT2D eigenvalue weighted by Crippen LogP contribution is 2.32. The fourth-order valence-corrected chi connectivity index (χ4v) is 3.98. The summed E-state index contributed by atoms with van der Waals surface area (Å²) in [6, 6.07) is 8.29. The van der Waals surface area contributed by atoms with Gasteiger partial charge in [0.05, 0.1) is 22.1 Å². The first-order chi connectivity index (χ1) is 16.3. The molecule has 0 aliphatic carbocycles. The average Bonchev–Trinajstić information content (AvgIpc) is 3.41. The number of aromatic nitrogens is 7. The fourth-order valence-electron chi connectivity index (χ4n) is 3.72. The normalized spacial score (nSPS) is 12.2. The Morgan fingerprint density at radius 3 is 2.79 bits per heavy atom. The molecule has 0 fully saturated rings. The Hall–Kier alpha value is -4.32. The highest BCUT2D eigenvalue weighted by atomic mass is 35.5. The number of hydrogen-bond donors (Lipinski definition) is 3. The van der Waals surface area contributed by atoms with Crippen molar-refractivity contribution in [1.29, 1.82) is 0 Å². The molecule has 1 aromatic carbocycles. The second kappa shape index (κ2) is 8.23. The number of aromatic amines is 1. The van der Waals surface area contributed by atoms with Crippen molar-refractivity contribution in [3.8, 4) is 17.3 Å². The molecule has 0 saturated heterocycles. The van der Waals surface area contributed by atoms with E-state index in [0.717, 1.165) is 5.69 Å². The number of anilines is 2. The third-order valence-corrected chi connectivity index (χ3v) is 5.55. The van der Waals surface area contributed by atoms with Crippen LogP contribution in [0.3, 0.4) is 0 Å². The molecule has 4 aromatic heterocycles. The number of nitrogen functional groups attached to an aromatic ring is 1. The standard InChI is InChI=1S/C21H17ClFN9O2/c1-9-6-14(29-28-9)32-13(7-11-4-3-5-12(22)15(11)20(32)33)10(2)27-18-16(17(24)25-8-26-18)19-30-31-21(23)34-19/h3-8,10H,1-2H3,(H,28,29)(H3,24,25,26,27)/t10-/m0/s1. The minimum absolute atomic E-state index is 0.0129. The Morgan fingerprint density at radius 1 is 1.26 bits per heavy atom. The average molecular weight is 482 g/mol. The van der Waals surface area contributed by atoms with Crippen molar-refractivity contribution in [3.63, 3.8) is 0 Å². The van der Waals surface area contributed by atoms with Crippen molar-refractivity contribution >= 4 is 34.0 Å². The van der Waals surface area contributed by atoms with Gasteiger partial charge in [-0.1, -0.05) is 28.8 Å². The third-order valence-electron chi connectivity index (χ3n) is 5.23. The Bertz CT molecular complexity index is 1590. The van der Waals surface area contributed by atoms with Gasteiger partial charge < -0.3 is 15.5 Å². The van der Waals surface area contributed by atoms with Gasteiger partial charge in [0.2, 0.25) is 0 Å². The molecule has 5 rings (SSSR count). The second-order valence-electron chi connectivity index (χ2n) is 7.53. The van der Waals surface area contributed by atoms with Gasteiger partial charge in [-0.15, -0.1) is 9.49 Å². The van der Waals surface area contributed by atoms with E-state index in [2.05, 4.69) is 35.7 Å². The summed E-state index contributed by atoms with van der Waals surface area (Å²) in [7, 11) is 0. The van der Waals surface area contributed by atoms with Crippen LogP contribution in [0.15, 0.2) is 45.9 Å². The summed E-state index contributed by atoms with van der Waals surface area (Å²) in [5, 5.41) is 18.5. The zero-order valence-corrected chi connectivity index (χ0v) is 18.6. The summed E-state index contributed by atoms with van der Waals surface area (Å²) in [4.78, 5) is 21.7. The maximum absolute atomic E-state index is 13.6. The summed E-state index contributed by atoms with van der Waals surface area (Å²) >= 11 is 6.35. The molecule has 172 valence electrons. The largest absolute Gasteiger partial charge is 0.402 e. The number of aryl methyl sites for hydroxylation is 1. The van der Waals surface area contributed by atoms with Gasteiger partial charge in [0.15, 0.2) is 5.82 Å². The zero-order valence-electron chi connectivity index (χ0n) is 17.9. The van der Waals surface area contributed by atoms with Crippen LogP contribution in [0.5, 0.6) is 0 Å². The number of nitrogens with zero attached hydrogens (tertiary/aromatic N) is 6. The lowest BCUT2D eigenvalue weighted by molar-refractivity contribution is 0.343. The van der Waals surface area contributed by atoms with E-state index in [4.69, 9.17) is 21.8 Å². The van der Waals surface area contributed by atoms with E-state index in [-0.39, 0.29) is 28.6 Å². The lowest BCUT2D eigenvalue weighted by Gasteiger charge is -2.21. The van der Waals surface area contributed by atoms with E-state index in [0.29, 0.717) is 27.3 Å². The van der Waals surface area contributed by atoms with Crippen LogP contribution in [0.2, 0.25) is 5.02 Å². The summed E-state index contributed by atoms with van der Waals surface area (Å²) in [5.41, 5.74) is 7.13. The third kappa shape index (κ3) is 3.63. The number of pyridine rings is 1. The van der Waals surface area contributed by atoms with Gasteiger partial charge >= 0.3 is 6.14 Å². The van der Waals surface area contributed by atoms with Crippen LogP contribution in [-0.4, -0.2) is 34.9 Å². The first-order valence-electron chi connectivity index (χ1n) is 10.1. The first-order valence-corrected chi connectivity index (χ1v) is 10.4. The molecule has 4 heterocycles. The van der Waals surface area contributed by atoms with E-state index < -0.39 is 12.2 Å². The Labute approximate surface area is 195 Å². The highest BCUT2D eigenvalue weighted by molar-refractivity contribution is 6.35. The van der Waals surface area contributed by atoms with Crippen molar-refractivity contribution in [2.45, 2.75) is 19.9 Å². The van der Waals surface area contributed by atoms with E-state index >= 15 is 0 Å². The number of hydrogen-bond acceptors (Lipinski definition) is 9. The molecule has 0 unspecified atom stereocenters. The molecule has 1 atom stereocenters. The molecule has 0 spiro atoms. The number of fused-ring (bicyclic) bond motifs is 1. The van der Waals surface area contributed by atoms with E-state index in [1.165, 1.54) is 10.9 Å². The van der Waals surface area contributed by atoms with Crippen LogP contribution in [-0.2, 0) is 0 Å². The minimum atomic E-state index is -1.12. The van der Waals surface area contributed by atoms with Gasteiger partial charge in [-0.25, -0.2) is 9.97 Å². The van der Waals surface area contributed by atoms with Crippen molar-refractivity contribution in [1.82, 2.24) is 34.9 Å². The smallest absolute Gasteiger partial charge is 0.394 e. The number of rotatable bonds is 5. The van der Waals surface area contributed by atoms with Crippen LogP contribution in [0.25, 0.3) is 28.0 Å². The van der Waals surface area contributed by atoms with Crippen molar-refractivity contribution in [2.75, 3.05) is 11.1 Å². The first kappa shape index (κ1) is 21.5. The maximum atomic E-state index is 13.6. The van der Waals surface area contributed by atoms with Gasteiger partial charge in [-0.3, -0.25) is 14.5 Å². The molecule has 0 radical (unpaired) electrons. The summed E-state index contributed by atoms with van der Waals surface area (Å²) in [6.07, 6.45) is 0.122. The Balaban J connectivity index is 1.67. The van der Waals surface area contributed by atoms with Crippen molar-refractivity contribution in [3.05, 3.63) is 69.6 Å². The number of nitrogens with one attached hydrogen (secondary N) is 2. The number of H-pyrrole nitrogens is 1. The molecular weight excluding hydrogens is 465 g/mol. The molecule has 11 nitrogen and oxygen atoms in total. The summed E-state index contributed by atoms with van der Waals surface area (Å²) in [6.45, 7) is 3.65. The van der Waals surface area contributed by atoms with E-state index in [9.17, 15) is 9.18 Å². The summed E-state index contributed by atoms with van der Waals surface area (Å²) < 4.78 is 19.7. The number of nitrogens with two attached hydrogens (primary N) is 1. The van der Waals surface area contributed by atoms with Crippen LogP contribution in [0, 0.1) is 13.1 Å². The molecule has 5 aromatic rings. The molecule has 4 N–H and O–H groups in total. The Morgan fingerprint density at radius 2 is 2.09 bits per heavy atom. The predicted octanol–water partition coefficient (Wildman–Crippen LogP) is 3.41. The molecule has 13 heteroatoms. The second-order valence-corrected chi connectivity index (χ2v) is 7.94. The van der Waals surface area contributed by atoms with Gasteiger partial charge in [-0.2, -0.15) is 5.10 Å². The SMILES string of the molecule is Cc1cc(-n2c([C@H](C)Nc3ncnc(N)c3-c3nnc(F)o3)cc3cccc(Cl)c3c2=O)n[nH]1. The maximum Gasteiger partial charge on any atom is 0.402 e. The van der Waals surface area contributed by atoms with Gasteiger partial charge in [0, 0.05) is 11.8 Å². The molecule has 0 aliphatic rings. The van der Waals surface area contributed by atoms with E-state index in [1.54, 1.807) is 24.3 Å². The van der Waals surface area contributed by atoms with Crippen LogP contribution in [0.1, 0.15) is 24.4 Å². The number of benzene rings is 1. The zero-order chi connectivity index (χ0) is 24.0. The monoisotopic (exact) mass is 481 g/mol. The lowest BCUT2D eigenvalue weighted by atomic mass is 10.1. The topological polar surface area (TPSA) is 153 Å². The van der Waals surface area contributed by atoms with Crippen LogP contribution < -0.4 is 16.6 Å².